The van der Waals surface area contributed by atoms with Crippen molar-refractivity contribution < 1.29 is 8.42 Å². The van der Waals surface area contributed by atoms with Gasteiger partial charge in [0.15, 0.2) is 0 Å². The molecule has 128 valence electrons. The molecule has 0 spiro atoms. The molecule has 0 aromatic heterocycles. The molecular weight excluding hydrogens is 284 g/mol. The Bertz CT molecular complexity index is 405. The van der Waals surface area contributed by atoms with Gasteiger partial charge in [-0.1, -0.05) is 27.7 Å². The third-order valence-electron chi connectivity index (χ3n) is 4.05. The molecule has 0 rings (SSSR count). The zero-order valence-corrected chi connectivity index (χ0v) is 16.3. The van der Waals surface area contributed by atoms with E-state index in [0.29, 0.717) is 12.6 Å². The molecule has 0 aliphatic carbocycles. The van der Waals surface area contributed by atoms with E-state index in [-0.39, 0.29) is 11.0 Å². The normalized spacial score (nSPS) is 15.8. The highest BCUT2D eigenvalue weighted by Crippen LogP contribution is 2.25. The van der Waals surface area contributed by atoms with E-state index in [1.807, 2.05) is 20.8 Å². The summed E-state index contributed by atoms with van der Waals surface area (Å²) in [6.45, 7) is 19.3. The Morgan fingerprint density at radius 3 is 1.71 bits per heavy atom. The van der Waals surface area contributed by atoms with Crippen LogP contribution in [0.4, 0.5) is 0 Å². The lowest BCUT2D eigenvalue weighted by Gasteiger charge is -2.40. The van der Waals surface area contributed by atoms with Gasteiger partial charge in [-0.15, -0.1) is 0 Å². The van der Waals surface area contributed by atoms with Gasteiger partial charge in [-0.2, -0.15) is 4.31 Å². The molecule has 0 aromatic carbocycles. The van der Waals surface area contributed by atoms with E-state index in [4.69, 9.17) is 0 Å². The van der Waals surface area contributed by atoms with Gasteiger partial charge in [0.2, 0.25) is 10.0 Å². The van der Waals surface area contributed by atoms with Gasteiger partial charge in [0.1, 0.15) is 0 Å². The average molecular weight is 321 g/mol. The monoisotopic (exact) mass is 320 g/mol. The number of hydrogen-bond acceptors (Lipinski definition) is 3. The fraction of sp³-hybridized carbons (Fsp3) is 1.00. The third-order valence-corrected chi connectivity index (χ3v) is 5.58. The molecule has 0 bridgehead atoms. The topological polar surface area (TPSA) is 40.6 Å². The Labute approximate surface area is 132 Å². The molecule has 0 amide bonds. The summed E-state index contributed by atoms with van der Waals surface area (Å²) in [4.78, 5) is 2.41. The lowest BCUT2D eigenvalue weighted by atomic mass is 9.87. The third kappa shape index (κ3) is 7.11. The highest BCUT2D eigenvalue weighted by atomic mass is 32.2. The molecule has 1 unspecified atom stereocenters. The van der Waals surface area contributed by atoms with Crippen LogP contribution in [0, 0.1) is 5.41 Å². The van der Waals surface area contributed by atoms with E-state index in [1.54, 1.807) is 4.31 Å². The van der Waals surface area contributed by atoms with E-state index in [2.05, 4.69) is 39.5 Å². The summed E-state index contributed by atoms with van der Waals surface area (Å²) in [6, 6.07) is 0.416. The molecular formula is C16H36N2O2S. The molecule has 4 nitrogen and oxygen atoms in total. The Balaban J connectivity index is 5.04. The number of sulfonamides is 1. The summed E-state index contributed by atoms with van der Waals surface area (Å²) in [5.41, 5.74) is -0.191. The zero-order chi connectivity index (χ0) is 17.1. The molecule has 1 atom stereocenters. The highest BCUT2D eigenvalue weighted by Gasteiger charge is 2.31. The van der Waals surface area contributed by atoms with Gasteiger partial charge in [0.05, 0.1) is 6.26 Å². The molecule has 0 N–H and O–H groups in total. The van der Waals surface area contributed by atoms with Crippen LogP contribution < -0.4 is 0 Å². The SMILES string of the molecule is CCCN(CCN(C(C)(C)C)S(C)(=O)=O)C(C)C(C)(C)C. The largest absolute Gasteiger partial charge is 0.299 e. The average Bonchev–Trinajstić information content (AvgIpc) is 2.21. The molecule has 21 heavy (non-hydrogen) atoms. The van der Waals surface area contributed by atoms with E-state index >= 15 is 0 Å². The number of rotatable bonds is 7. The van der Waals surface area contributed by atoms with Gasteiger partial charge in [0.25, 0.3) is 0 Å². The van der Waals surface area contributed by atoms with Crippen molar-refractivity contribution in [2.45, 2.75) is 73.4 Å². The summed E-state index contributed by atoms with van der Waals surface area (Å²) < 4.78 is 25.7. The summed E-state index contributed by atoms with van der Waals surface area (Å²) in [7, 11) is -3.19. The molecule has 0 aliphatic rings. The van der Waals surface area contributed by atoms with Crippen LogP contribution in [0.2, 0.25) is 0 Å². The van der Waals surface area contributed by atoms with Gasteiger partial charge < -0.3 is 0 Å². The van der Waals surface area contributed by atoms with Crippen LogP contribution in [-0.2, 0) is 10.0 Å². The predicted molar refractivity (Wildman–Crippen MR) is 92.1 cm³/mol. The van der Waals surface area contributed by atoms with Crippen LogP contribution in [0.1, 0.15) is 61.8 Å². The van der Waals surface area contributed by atoms with Gasteiger partial charge in [0, 0.05) is 24.7 Å². The Morgan fingerprint density at radius 1 is 0.952 bits per heavy atom. The molecule has 0 heterocycles. The molecule has 0 radical (unpaired) electrons. The summed E-state index contributed by atoms with van der Waals surface area (Å²) in [5, 5.41) is 0. The van der Waals surface area contributed by atoms with Gasteiger partial charge in [-0.25, -0.2) is 8.42 Å². The minimum absolute atomic E-state index is 0.187. The minimum atomic E-state index is -3.19. The van der Waals surface area contributed by atoms with Crippen molar-refractivity contribution in [2.75, 3.05) is 25.9 Å². The molecule has 0 saturated heterocycles. The second-order valence-electron chi connectivity index (χ2n) is 8.08. The first kappa shape index (κ1) is 20.9. The zero-order valence-electron chi connectivity index (χ0n) is 15.5. The van der Waals surface area contributed by atoms with Crippen LogP contribution >= 0.6 is 0 Å². The van der Waals surface area contributed by atoms with E-state index in [1.165, 1.54) is 6.26 Å². The highest BCUT2D eigenvalue weighted by molar-refractivity contribution is 7.88. The molecule has 0 aliphatic heterocycles. The summed E-state index contributed by atoms with van der Waals surface area (Å²) >= 11 is 0. The van der Waals surface area contributed by atoms with Crippen molar-refractivity contribution in [3.05, 3.63) is 0 Å². The first-order chi connectivity index (χ1) is 9.21. The second-order valence-corrected chi connectivity index (χ2v) is 9.99. The second kappa shape index (κ2) is 7.42. The van der Waals surface area contributed by atoms with Crippen molar-refractivity contribution in [2.24, 2.45) is 5.41 Å². The fourth-order valence-electron chi connectivity index (χ4n) is 2.55. The molecule has 5 heteroatoms. The van der Waals surface area contributed by atoms with Gasteiger partial charge >= 0.3 is 0 Å². The van der Waals surface area contributed by atoms with Crippen LogP contribution in [0.15, 0.2) is 0 Å². The van der Waals surface area contributed by atoms with E-state index in [0.717, 1.165) is 19.5 Å². The van der Waals surface area contributed by atoms with Crippen LogP contribution in [0.25, 0.3) is 0 Å². The maximum atomic E-state index is 12.0. The van der Waals surface area contributed by atoms with Crippen molar-refractivity contribution in [1.29, 1.82) is 0 Å². The maximum Gasteiger partial charge on any atom is 0.211 e. The van der Waals surface area contributed by atoms with Crippen LogP contribution in [0.5, 0.6) is 0 Å². The summed E-state index contributed by atoms with van der Waals surface area (Å²) in [6.07, 6.45) is 2.38. The quantitative estimate of drug-likeness (QED) is 0.723. The minimum Gasteiger partial charge on any atom is -0.299 e. The number of hydrogen-bond donors (Lipinski definition) is 0. The lowest BCUT2D eigenvalue weighted by Crippen LogP contribution is -2.51. The smallest absolute Gasteiger partial charge is 0.211 e. The number of nitrogens with zero attached hydrogens (tertiary/aromatic N) is 2. The van der Waals surface area contributed by atoms with Crippen LogP contribution in [-0.4, -0.2) is 55.1 Å². The van der Waals surface area contributed by atoms with Gasteiger partial charge in [-0.05, 0) is 46.1 Å². The van der Waals surface area contributed by atoms with Crippen LogP contribution in [0.3, 0.4) is 0 Å². The standard InChI is InChI=1S/C16H36N2O2S/c1-10-11-17(14(2)15(3,4)5)12-13-18(16(6,7)8)21(9,19)20/h14H,10-13H2,1-9H3. The van der Waals surface area contributed by atoms with E-state index < -0.39 is 10.0 Å². The van der Waals surface area contributed by atoms with Gasteiger partial charge in [-0.3, -0.25) is 4.90 Å². The van der Waals surface area contributed by atoms with E-state index in [9.17, 15) is 8.42 Å². The Morgan fingerprint density at radius 2 is 1.43 bits per heavy atom. The summed E-state index contributed by atoms with van der Waals surface area (Å²) in [5.74, 6) is 0. The first-order valence-electron chi connectivity index (χ1n) is 7.93. The lowest BCUT2D eigenvalue weighted by molar-refractivity contribution is 0.0988. The van der Waals surface area contributed by atoms with Crippen molar-refractivity contribution in [1.82, 2.24) is 9.21 Å². The predicted octanol–water partition coefficient (Wildman–Crippen LogP) is 3.19. The van der Waals surface area contributed by atoms with Crippen molar-refractivity contribution in [3.8, 4) is 0 Å². The molecule has 0 fully saturated rings. The Hall–Kier alpha value is -0.130. The van der Waals surface area contributed by atoms with Crippen molar-refractivity contribution >= 4 is 10.0 Å². The molecule has 0 aromatic rings. The first-order valence-corrected chi connectivity index (χ1v) is 9.78. The fourth-order valence-corrected chi connectivity index (χ4v) is 3.96. The maximum absolute atomic E-state index is 12.0. The Kier molecular flexibility index (Phi) is 7.38. The van der Waals surface area contributed by atoms with Crippen molar-refractivity contribution in [3.63, 3.8) is 0 Å². The molecule has 0 saturated carbocycles.